The van der Waals surface area contributed by atoms with E-state index < -0.39 is 5.60 Å². The fraction of sp³-hybridized carbons (Fsp3) is 0.579. The first-order valence-electron chi connectivity index (χ1n) is 9.24. The van der Waals surface area contributed by atoms with E-state index in [0.717, 1.165) is 51.1 Å². The van der Waals surface area contributed by atoms with Gasteiger partial charge in [-0.15, -0.1) is 0 Å². The van der Waals surface area contributed by atoms with Gasteiger partial charge >= 0.3 is 0 Å². The van der Waals surface area contributed by atoms with Crippen LogP contribution in [0.3, 0.4) is 0 Å². The number of nitrogens with zero attached hydrogens (tertiary/aromatic N) is 2. The van der Waals surface area contributed by atoms with Crippen LogP contribution in [0.15, 0.2) is 29.4 Å². The third kappa shape index (κ3) is 3.88. The third-order valence-corrected chi connectivity index (χ3v) is 5.33. The first-order valence-corrected chi connectivity index (χ1v) is 9.24. The van der Waals surface area contributed by atoms with Crippen LogP contribution in [0.2, 0.25) is 0 Å². The van der Waals surface area contributed by atoms with Crippen LogP contribution in [0.25, 0.3) is 0 Å². The van der Waals surface area contributed by atoms with Crippen LogP contribution in [-0.2, 0) is 20.9 Å². The molecule has 2 atom stereocenters. The number of carbonyl (C=O) groups is 1. The summed E-state index contributed by atoms with van der Waals surface area (Å²) in [5, 5.41) is 6.96. The molecule has 1 spiro atoms. The summed E-state index contributed by atoms with van der Waals surface area (Å²) in [4.78, 5) is 20.3. The molecule has 3 aliphatic heterocycles. The quantitative estimate of drug-likeness (QED) is 0.869. The Balaban J connectivity index is 1.27. The largest absolute Gasteiger partial charge is 0.387 e. The van der Waals surface area contributed by atoms with Crippen molar-refractivity contribution >= 4 is 11.6 Å². The Morgan fingerprint density at radius 3 is 3.00 bits per heavy atom. The average Bonchev–Trinajstić information content (AvgIpc) is 3.38. The zero-order valence-electron chi connectivity index (χ0n) is 14.7. The highest BCUT2D eigenvalue weighted by Crippen LogP contribution is 2.34. The molecule has 1 aromatic carbocycles. The zero-order valence-corrected chi connectivity index (χ0v) is 14.7. The van der Waals surface area contributed by atoms with Crippen LogP contribution >= 0.6 is 0 Å². The maximum absolute atomic E-state index is 13.0. The van der Waals surface area contributed by atoms with Crippen LogP contribution in [0, 0.1) is 5.82 Å². The van der Waals surface area contributed by atoms with E-state index in [-0.39, 0.29) is 17.8 Å². The number of benzene rings is 1. The highest BCUT2D eigenvalue weighted by Gasteiger charge is 2.46. The summed E-state index contributed by atoms with van der Waals surface area (Å²) in [5.74, 6) is -0.382. The minimum absolute atomic E-state index is 0.119. The van der Waals surface area contributed by atoms with Gasteiger partial charge in [-0.05, 0) is 30.5 Å². The number of nitrogens with one attached hydrogen (secondary N) is 1. The Hall–Kier alpha value is -1.99. The second-order valence-corrected chi connectivity index (χ2v) is 7.42. The molecule has 0 aromatic heterocycles. The van der Waals surface area contributed by atoms with E-state index in [1.165, 1.54) is 12.1 Å². The second-order valence-electron chi connectivity index (χ2n) is 7.42. The van der Waals surface area contributed by atoms with Gasteiger partial charge in [-0.1, -0.05) is 17.3 Å². The van der Waals surface area contributed by atoms with Crippen LogP contribution in [0.1, 0.15) is 31.2 Å². The van der Waals surface area contributed by atoms with Crippen molar-refractivity contribution in [2.24, 2.45) is 5.16 Å². The van der Waals surface area contributed by atoms with E-state index in [4.69, 9.17) is 9.57 Å². The maximum atomic E-state index is 13.0. The van der Waals surface area contributed by atoms with Gasteiger partial charge in [0.2, 0.25) is 0 Å². The molecule has 3 heterocycles. The summed E-state index contributed by atoms with van der Waals surface area (Å²) in [6, 6.07) is 6.56. The molecule has 2 fully saturated rings. The molecular weight excluding hydrogens is 337 g/mol. The lowest BCUT2D eigenvalue weighted by atomic mass is 9.96. The van der Waals surface area contributed by atoms with Gasteiger partial charge in [0.15, 0.2) is 5.60 Å². The molecule has 1 aromatic rings. The lowest BCUT2D eigenvalue weighted by molar-refractivity contribution is -0.115. The molecule has 7 heteroatoms. The molecule has 3 aliphatic rings. The van der Waals surface area contributed by atoms with Gasteiger partial charge in [0, 0.05) is 45.6 Å². The first kappa shape index (κ1) is 17.4. The summed E-state index contributed by atoms with van der Waals surface area (Å²) in [6.45, 7) is 3.64. The minimum Gasteiger partial charge on any atom is -0.387 e. The smallest absolute Gasteiger partial charge is 0.269 e. The van der Waals surface area contributed by atoms with E-state index in [2.05, 4.69) is 15.4 Å². The normalized spacial score (nSPS) is 28.3. The topological polar surface area (TPSA) is 63.2 Å². The first-order chi connectivity index (χ1) is 12.6. The molecule has 0 saturated carbocycles. The lowest BCUT2D eigenvalue weighted by Crippen LogP contribution is -2.39. The Morgan fingerprint density at radius 1 is 1.38 bits per heavy atom. The second kappa shape index (κ2) is 7.32. The van der Waals surface area contributed by atoms with Crippen molar-refractivity contribution in [2.45, 2.75) is 43.9 Å². The van der Waals surface area contributed by atoms with Crippen LogP contribution in [0.5, 0.6) is 0 Å². The molecule has 0 bridgehead atoms. The number of hydrogen-bond donors (Lipinski definition) is 1. The van der Waals surface area contributed by atoms with E-state index in [0.29, 0.717) is 18.7 Å². The van der Waals surface area contributed by atoms with Gasteiger partial charge in [0.1, 0.15) is 11.5 Å². The molecule has 0 aliphatic carbocycles. The van der Waals surface area contributed by atoms with Crippen molar-refractivity contribution in [1.29, 1.82) is 0 Å². The molecule has 4 rings (SSSR count). The number of likely N-dealkylation sites (tertiary alicyclic amines) is 1. The SMILES string of the molecule is O=C(NC[C@H]1CCCO1)C1=NO[C@@]2(CCN(Cc3ccc(F)cc3)C2)C1. The number of ether oxygens (including phenoxy) is 1. The van der Waals surface area contributed by atoms with Gasteiger partial charge in [0.25, 0.3) is 5.91 Å². The molecule has 0 radical (unpaired) electrons. The van der Waals surface area contributed by atoms with E-state index in [1.807, 2.05) is 0 Å². The standard InChI is InChI=1S/C19H24FN3O3/c20-15-5-3-14(4-6-15)12-23-8-7-19(13-23)10-17(22-26-19)18(24)21-11-16-2-1-9-25-16/h3-6,16H,1-2,7-13H2,(H,21,24)/t16-,19+/m1/s1. The predicted octanol–water partition coefficient (Wildman–Crippen LogP) is 1.84. The Labute approximate surface area is 152 Å². The Morgan fingerprint density at radius 2 is 2.23 bits per heavy atom. The van der Waals surface area contributed by atoms with Gasteiger partial charge < -0.3 is 14.9 Å². The maximum Gasteiger partial charge on any atom is 0.269 e. The summed E-state index contributed by atoms with van der Waals surface area (Å²) in [7, 11) is 0. The highest BCUT2D eigenvalue weighted by atomic mass is 19.1. The number of amides is 1. The van der Waals surface area contributed by atoms with Crippen molar-refractivity contribution < 1.29 is 18.8 Å². The molecule has 1 amide bonds. The number of carbonyl (C=O) groups excluding carboxylic acids is 1. The molecule has 1 N–H and O–H groups in total. The summed E-state index contributed by atoms with van der Waals surface area (Å²) < 4.78 is 18.5. The van der Waals surface area contributed by atoms with Crippen molar-refractivity contribution in [1.82, 2.24) is 10.2 Å². The van der Waals surface area contributed by atoms with Crippen molar-refractivity contribution in [3.63, 3.8) is 0 Å². The molecule has 26 heavy (non-hydrogen) atoms. The van der Waals surface area contributed by atoms with E-state index in [1.54, 1.807) is 12.1 Å². The zero-order chi connectivity index (χ0) is 18.0. The van der Waals surface area contributed by atoms with Crippen molar-refractivity contribution in [3.05, 3.63) is 35.6 Å². The summed E-state index contributed by atoms with van der Waals surface area (Å²) >= 11 is 0. The summed E-state index contributed by atoms with van der Waals surface area (Å²) in [6.07, 6.45) is 3.53. The predicted molar refractivity (Wildman–Crippen MR) is 94.1 cm³/mol. The number of oxime groups is 1. The number of rotatable bonds is 5. The molecule has 2 saturated heterocycles. The van der Waals surface area contributed by atoms with Gasteiger partial charge in [0.05, 0.1) is 6.10 Å². The lowest BCUT2D eigenvalue weighted by Gasteiger charge is -2.21. The third-order valence-electron chi connectivity index (χ3n) is 5.33. The molecule has 0 unspecified atom stereocenters. The van der Waals surface area contributed by atoms with Gasteiger partial charge in [-0.25, -0.2) is 4.39 Å². The molecule has 140 valence electrons. The molecule has 6 nitrogen and oxygen atoms in total. The van der Waals surface area contributed by atoms with Gasteiger partial charge in [-0.2, -0.15) is 0 Å². The van der Waals surface area contributed by atoms with Crippen molar-refractivity contribution in [3.8, 4) is 0 Å². The number of halogens is 1. The fourth-order valence-electron chi connectivity index (χ4n) is 3.89. The van der Waals surface area contributed by atoms with Crippen LogP contribution < -0.4 is 5.32 Å². The van der Waals surface area contributed by atoms with Crippen molar-refractivity contribution in [2.75, 3.05) is 26.2 Å². The Kier molecular flexibility index (Phi) is 4.91. The van der Waals surface area contributed by atoms with Gasteiger partial charge in [-0.3, -0.25) is 9.69 Å². The average molecular weight is 361 g/mol. The van der Waals surface area contributed by atoms with E-state index >= 15 is 0 Å². The highest BCUT2D eigenvalue weighted by molar-refractivity contribution is 6.39. The summed E-state index contributed by atoms with van der Waals surface area (Å²) in [5.41, 5.74) is 1.12. The molecular formula is C19H24FN3O3. The van der Waals surface area contributed by atoms with E-state index in [9.17, 15) is 9.18 Å². The Bertz CT molecular complexity index is 688. The fourth-order valence-corrected chi connectivity index (χ4v) is 3.89. The monoisotopic (exact) mass is 361 g/mol. The number of hydrogen-bond acceptors (Lipinski definition) is 5. The van der Waals surface area contributed by atoms with Crippen LogP contribution in [-0.4, -0.2) is 54.5 Å². The minimum atomic E-state index is -0.406. The van der Waals surface area contributed by atoms with Crippen LogP contribution in [0.4, 0.5) is 4.39 Å².